The topological polar surface area (TPSA) is 61.1 Å². The van der Waals surface area contributed by atoms with E-state index >= 15 is 0 Å². The molecule has 0 aliphatic rings. The van der Waals surface area contributed by atoms with Crippen LogP contribution in [0.15, 0.2) is 79.0 Å². The van der Waals surface area contributed by atoms with E-state index in [0.717, 1.165) is 5.56 Å². The molecule has 0 bridgehead atoms. The summed E-state index contributed by atoms with van der Waals surface area (Å²) in [4.78, 5) is 25.3. The van der Waals surface area contributed by atoms with E-state index in [2.05, 4.69) is 0 Å². The summed E-state index contributed by atoms with van der Waals surface area (Å²) >= 11 is 0. The summed E-state index contributed by atoms with van der Waals surface area (Å²) < 4.78 is 13.6. The Labute approximate surface area is 156 Å². The van der Waals surface area contributed by atoms with Gasteiger partial charge in [-0.05, 0) is 41.8 Å². The maximum absolute atomic E-state index is 13.1. The van der Waals surface area contributed by atoms with Crippen molar-refractivity contribution >= 4 is 11.6 Å². The van der Waals surface area contributed by atoms with Gasteiger partial charge in [0.25, 0.3) is 5.69 Å². The van der Waals surface area contributed by atoms with Gasteiger partial charge in [-0.1, -0.05) is 30.3 Å². The molecule has 27 heavy (non-hydrogen) atoms. The van der Waals surface area contributed by atoms with Crippen molar-refractivity contribution in [3.8, 4) is 0 Å². The highest BCUT2D eigenvalue weighted by Gasteiger charge is 2.24. The third-order valence-corrected chi connectivity index (χ3v) is 4.41. The molecule has 0 N–H and O–H groups in total. The molecule has 0 saturated carbocycles. The fourth-order valence-electron chi connectivity index (χ4n) is 2.98. The maximum atomic E-state index is 13.1. The van der Waals surface area contributed by atoms with Gasteiger partial charge >= 0.3 is 0 Å². The summed E-state index contributed by atoms with van der Waals surface area (Å²) in [6.45, 7) is 0. The lowest BCUT2D eigenvalue weighted by molar-refractivity contribution is -0.607. The van der Waals surface area contributed by atoms with Gasteiger partial charge in [-0.15, -0.1) is 0 Å². The molecule has 0 aliphatic heterocycles. The molecule has 2 aromatic carbocycles. The molecule has 1 heterocycles. The number of Topliss-reactive ketones (excluding diaryl/α,β-unsaturated/α-hetero) is 2. The van der Waals surface area contributed by atoms with Crippen molar-refractivity contribution in [2.45, 2.75) is 18.8 Å². The highest BCUT2D eigenvalue weighted by molar-refractivity contribution is 5.98. The van der Waals surface area contributed by atoms with E-state index in [1.807, 2.05) is 30.3 Å². The van der Waals surface area contributed by atoms with E-state index in [1.165, 1.54) is 36.5 Å². The molecule has 0 unspecified atom stereocenters. The zero-order valence-corrected chi connectivity index (χ0v) is 14.5. The predicted octanol–water partition coefficient (Wildman–Crippen LogP) is 4.09. The van der Waals surface area contributed by atoms with E-state index in [4.69, 9.17) is 0 Å². The number of ketones is 2. The Balaban J connectivity index is 1.83. The monoisotopic (exact) mass is 363 g/mol. The quantitative estimate of drug-likeness (QED) is 0.361. The van der Waals surface area contributed by atoms with Crippen molar-refractivity contribution in [2.75, 3.05) is 0 Å². The number of halogens is 1. The molecule has 0 spiro atoms. The maximum Gasteiger partial charge on any atom is 0.259 e. The predicted molar refractivity (Wildman–Crippen MR) is 98.9 cm³/mol. The molecule has 136 valence electrons. The fraction of sp³-hybridized carbons (Fsp3) is 0.136. The first kappa shape index (κ1) is 18.5. The molecular formula is C22H18FNO3. The van der Waals surface area contributed by atoms with Crippen LogP contribution >= 0.6 is 0 Å². The standard InChI is InChI=1S/C22H18FNO3/c23-19-11-9-17(10-12-19)21(25)14-18(16-6-2-1-3-7-16)15-22(26)20-8-4-5-13-24(20)27/h1-13,18H,14-15H2/t18-/m1/s1. The second-order valence-electron chi connectivity index (χ2n) is 6.28. The minimum atomic E-state index is -0.412. The molecule has 0 fully saturated rings. The lowest BCUT2D eigenvalue weighted by Gasteiger charge is -2.16. The minimum Gasteiger partial charge on any atom is -0.618 e. The van der Waals surface area contributed by atoms with E-state index < -0.39 is 5.82 Å². The van der Waals surface area contributed by atoms with Crippen LogP contribution in [-0.2, 0) is 0 Å². The molecule has 0 aliphatic carbocycles. The van der Waals surface area contributed by atoms with Gasteiger partial charge in [0.1, 0.15) is 5.82 Å². The van der Waals surface area contributed by atoms with Gasteiger partial charge in [-0.3, -0.25) is 9.59 Å². The number of pyridine rings is 1. The van der Waals surface area contributed by atoms with Crippen molar-refractivity contribution in [3.63, 3.8) is 0 Å². The lowest BCUT2D eigenvalue weighted by Crippen LogP contribution is -2.34. The summed E-state index contributed by atoms with van der Waals surface area (Å²) in [5.74, 6) is -1.30. The Hall–Kier alpha value is -3.34. The molecule has 5 heteroatoms. The highest BCUT2D eigenvalue weighted by Crippen LogP contribution is 2.26. The van der Waals surface area contributed by atoms with Crippen molar-refractivity contribution in [2.24, 2.45) is 0 Å². The third-order valence-electron chi connectivity index (χ3n) is 4.41. The number of hydrogen-bond acceptors (Lipinski definition) is 3. The Morgan fingerprint density at radius 1 is 0.852 bits per heavy atom. The lowest BCUT2D eigenvalue weighted by atomic mass is 9.87. The van der Waals surface area contributed by atoms with Gasteiger partial charge in [-0.25, -0.2) is 4.39 Å². The number of carbonyl (C=O) groups is 2. The first-order chi connectivity index (χ1) is 13.0. The van der Waals surface area contributed by atoms with Crippen molar-refractivity contribution in [1.82, 2.24) is 0 Å². The number of carbonyl (C=O) groups excluding carboxylic acids is 2. The summed E-state index contributed by atoms with van der Waals surface area (Å²) in [7, 11) is 0. The van der Waals surface area contributed by atoms with Crippen molar-refractivity contribution in [3.05, 3.63) is 107 Å². The zero-order valence-electron chi connectivity index (χ0n) is 14.5. The van der Waals surface area contributed by atoms with E-state index in [-0.39, 0.29) is 36.0 Å². The third kappa shape index (κ3) is 4.64. The molecule has 1 atom stereocenters. The Morgan fingerprint density at radius 3 is 2.15 bits per heavy atom. The molecule has 0 saturated heterocycles. The normalized spacial score (nSPS) is 11.7. The van der Waals surface area contributed by atoms with Crippen LogP contribution in [0.1, 0.15) is 45.2 Å². The van der Waals surface area contributed by atoms with Gasteiger partial charge < -0.3 is 5.21 Å². The summed E-state index contributed by atoms with van der Waals surface area (Å²) in [6.07, 6.45) is 1.39. The van der Waals surface area contributed by atoms with Crippen molar-refractivity contribution in [1.29, 1.82) is 0 Å². The summed E-state index contributed by atoms with van der Waals surface area (Å²) in [6, 6.07) is 19.2. The molecule has 1 aromatic heterocycles. The van der Waals surface area contributed by atoms with Crippen LogP contribution in [0.2, 0.25) is 0 Å². The number of aromatic nitrogens is 1. The van der Waals surface area contributed by atoms with Gasteiger partial charge in [-0.2, -0.15) is 4.73 Å². The second kappa shape index (κ2) is 8.36. The van der Waals surface area contributed by atoms with E-state index in [1.54, 1.807) is 12.1 Å². The van der Waals surface area contributed by atoms with Gasteiger partial charge in [0.05, 0.1) is 0 Å². The average molecular weight is 363 g/mol. The van der Waals surface area contributed by atoms with Gasteiger partial charge in [0, 0.05) is 30.5 Å². The first-order valence-electron chi connectivity index (χ1n) is 8.59. The molecule has 3 aromatic rings. The minimum absolute atomic E-state index is 0.0310. The Kier molecular flexibility index (Phi) is 5.71. The van der Waals surface area contributed by atoms with E-state index in [0.29, 0.717) is 10.3 Å². The number of rotatable bonds is 7. The van der Waals surface area contributed by atoms with Gasteiger partial charge in [0.2, 0.25) is 5.78 Å². The largest absolute Gasteiger partial charge is 0.618 e. The first-order valence-corrected chi connectivity index (χ1v) is 8.59. The number of hydrogen-bond donors (Lipinski definition) is 0. The second-order valence-corrected chi connectivity index (χ2v) is 6.28. The van der Waals surface area contributed by atoms with Crippen LogP contribution in [0.4, 0.5) is 4.39 Å². The number of benzene rings is 2. The van der Waals surface area contributed by atoms with Crippen LogP contribution < -0.4 is 4.73 Å². The fourth-order valence-corrected chi connectivity index (χ4v) is 2.98. The van der Waals surface area contributed by atoms with E-state index in [9.17, 15) is 19.2 Å². The van der Waals surface area contributed by atoms with Crippen LogP contribution in [-0.4, -0.2) is 11.6 Å². The SMILES string of the molecule is O=C(C[C@H](CC(=O)c1cccc[n+]1[O-])c1ccccc1)c1ccc(F)cc1. The zero-order chi connectivity index (χ0) is 19.2. The molecule has 0 amide bonds. The molecule has 3 rings (SSSR count). The summed E-state index contributed by atoms with van der Waals surface area (Å²) in [5, 5.41) is 11.8. The van der Waals surface area contributed by atoms with Crippen LogP contribution in [0.25, 0.3) is 0 Å². The number of nitrogens with zero attached hydrogens (tertiary/aromatic N) is 1. The molecule has 4 nitrogen and oxygen atoms in total. The average Bonchev–Trinajstić information content (AvgIpc) is 2.69. The van der Waals surface area contributed by atoms with Crippen LogP contribution in [0, 0.1) is 11.0 Å². The Morgan fingerprint density at radius 2 is 1.48 bits per heavy atom. The Bertz CT molecular complexity index is 939. The smallest absolute Gasteiger partial charge is 0.259 e. The summed E-state index contributed by atoms with van der Waals surface area (Å²) in [5.41, 5.74) is 1.28. The highest BCUT2D eigenvalue weighted by atomic mass is 19.1. The van der Waals surface area contributed by atoms with Crippen LogP contribution in [0.3, 0.4) is 0 Å². The van der Waals surface area contributed by atoms with Crippen LogP contribution in [0.5, 0.6) is 0 Å². The van der Waals surface area contributed by atoms with Crippen molar-refractivity contribution < 1.29 is 18.7 Å². The van der Waals surface area contributed by atoms with Gasteiger partial charge in [0.15, 0.2) is 12.0 Å². The molecule has 0 radical (unpaired) electrons. The molecular weight excluding hydrogens is 345 g/mol.